The average Bonchev–Trinajstić information content (AvgIpc) is 2.14. The van der Waals surface area contributed by atoms with Gasteiger partial charge in [0, 0.05) is 18.1 Å². The molecule has 0 aromatic heterocycles. The molecule has 0 aliphatic heterocycles. The number of carbonyl (C=O) groups excluding carboxylic acids is 1. The van der Waals surface area contributed by atoms with Gasteiger partial charge in [-0.3, -0.25) is 4.79 Å². The smallest absolute Gasteiger partial charge is 0.252 e. The predicted octanol–water partition coefficient (Wildman–Crippen LogP) is 1.68. The van der Waals surface area contributed by atoms with Crippen LogP contribution in [0.1, 0.15) is 10.4 Å². The van der Waals surface area contributed by atoms with E-state index in [1.807, 2.05) is 0 Å². The van der Waals surface area contributed by atoms with Crippen LogP contribution in [0.5, 0.6) is 0 Å². The molecule has 14 heavy (non-hydrogen) atoms. The van der Waals surface area contributed by atoms with Crippen molar-refractivity contribution in [3.05, 3.63) is 33.8 Å². The van der Waals surface area contributed by atoms with Crippen molar-refractivity contribution in [1.29, 1.82) is 0 Å². The van der Waals surface area contributed by atoms with Crippen molar-refractivity contribution < 1.29 is 4.79 Å². The van der Waals surface area contributed by atoms with Crippen LogP contribution in [0.3, 0.4) is 0 Å². The molecular weight excluding hydrogens is 223 g/mol. The van der Waals surface area contributed by atoms with Crippen molar-refractivity contribution in [3.63, 3.8) is 0 Å². The number of rotatable bonds is 3. The third-order valence-corrected chi connectivity index (χ3v) is 2.15. The quantitative estimate of drug-likeness (QED) is 0.834. The van der Waals surface area contributed by atoms with Crippen molar-refractivity contribution in [2.75, 3.05) is 13.1 Å². The molecule has 0 aliphatic rings. The van der Waals surface area contributed by atoms with Crippen LogP contribution in [0.15, 0.2) is 18.2 Å². The van der Waals surface area contributed by atoms with E-state index in [2.05, 4.69) is 5.32 Å². The predicted molar refractivity (Wildman–Crippen MR) is 57.8 cm³/mol. The van der Waals surface area contributed by atoms with Gasteiger partial charge in [0.05, 0.1) is 10.6 Å². The molecule has 0 bridgehead atoms. The second kappa shape index (κ2) is 5.20. The van der Waals surface area contributed by atoms with Gasteiger partial charge >= 0.3 is 0 Å². The Hall–Kier alpha value is -0.770. The fraction of sp³-hybridized carbons (Fsp3) is 0.222. The molecule has 0 fully saturated rings. The number of halogens is 2. The van der Waals surface area contributed by atoms with Crippen LogP contribution >= 0.6 is 23.2 Å². The Morgan fingerprint density at radius 3 is 2.71 bits per heavy atom. The highest BCUT2D eigenvalue weighted by molar-refractivity contribution is 6.36. The Balaban J connectivity index is 2.80. The molecule has 3 N–H and O–H groups in total. The van der Waals surface area contributed by atoms with Gasteiger partial charge in [-0.2, -0.15) is 0 Å². The Bertz CT molecular complexity index is 342. The summed E-state index contributed by atoms with van der Waals surface area (Å²) < 4.78 is 0. The summed E-state index contributed by atoms with van der Waals surface area (Å²) in [6.45, 7) is 0.828. The van der Waals surface area contributed by atoms with Crippen LogP contribution < -0.4 is 11.1 Å². The molecule has 0 unspecified atom stereocenters. The van der Waals surface area contributed by atoms with Crippen LogP contribution in [0.2, 0.25) is 10.0 Å². The number of amides is 1. The molecule has 1 aromatic carbocycles. The second-order valence-electron chi connectivity index (χ2n) is 2.67. The standard InChI is InChI=1S/C9H10Cl2N2O/c10-6-1-2-7(8(11)5-6)9(14)13-4-3-12/h1-2,5H,3-4,12H2,(H,13,14). The highest BCUT2D eigenvalue weighted by Crippen LogP contribution is 2.20. The van der Waals surface area contributed by atoms with E-state index in [0.717, 1.165) is 0 Å². The summed E-state index contributed by atoms with van der Waals surface area (Å²) in [6.07, 6.45) is 0. The highest BCUT2D eigenvalue weighted by atomic mass is 35.5. The first-order valence-corrected chi connectivity index (χ1v) is 4.84. The van der Waals surface area contributed by atoms with Crippen molar-refractivity contribution in [1.82, 2.24) is 5.32 Å². The van der Waals surface area contributed by atoms with E-state index in [1.165, 1.54) is 6.07 Å². The zero-order valence-corrected chi connectivity index (χ0v) is 8.90. The average molecular weight is 233 g/mol. The molecule has 1 amide bonds. The SMILES string of the molecule is NCCNC(=O)c1ccc(Cl)cc1Cl. The molecule has 1 aromatic rings. The molecular formula is C9H10Cl2N2O. The summed E-state index contributed by atoms with van der Waals surface area (Å²) >= 11 is 11.5. The van der Waals surface area contributed by atoms with Gasteiger partial charge in [-0.15, -0.1) is 0 Å². The Labute approximate surface area is 92.2 Å². The number of nitrogens with one attached hydrogen (secondary N) is 1. The molecule has 0 atom stereocenters. The first-order valence-electron chi connectivity index (χ1n) is 4.08. The Morgan fingerprint density at radius 2 is 2.14 bits per heavy atom. The third kappa shape index (κ3) is 2.87. The first kappa shape index (κ1) is 11.3. The Morgan fingerprint density at radius 1 is 1.43 bits per heavy atom. The molecule has 0 heterocycles. The summed E-state index contributed by atoms with van der Waals surface area (Å²) in [5.41, 5.74) is 5.66. The van der Waals surface area contributed by atoms with Gasteiger partial charge < -0.3 is 11.1 Å². The first-order chi connectivity index (χ1) is 6.65. The van der Waals surface area contributed by atoms with Gasteiger partial charge in [-0.25, -0.2) is 0 Å². The normalized spacial score (nSPS) is 9.93. The van der Waals surface area contributed by atoms with Crippen LogP contribution in [0.4, 0.5) is 0 Å². The van der Waals surface area contributed by atoms with Gasteiger partial charge in [0.15, 0.2) is 0 Å². The van der Waals surface area contributed by atoms with Gasteiger partial charge in [-0.05, 0) is 18.2 Å². The maximum atomic E-state index is 11.4. The summed E-state index contributed by atoms with van der Waals surface area (Å²) in [7, 11) is 0. The molecule has 0 aliphatic carbocycles. The van der Waals surface area contributed by atoms with Gasteiger partial charge in [0.1, 0.15) is 0 Å². The van der Waals surface area contributed by atoms with Crippen LogP contribution in [-0.4, -0.2) is 19.0 Å². The highest BCUT2D eigenvalue weighted by Gasteiger charge is 2.09. The van der Waals surface area contributed by atoms with Crippen LogP contribution in [-0.2, 0) is 0 Å². The fourth-order valence-corrected chi connectivity index (χ4v) is 1.45. The van der Waals surface area contributed by atoms with Crippen LogP contribution in [0.25, 0.3) is 0 Å². The number of hydrogen-bond acceptors (Lipinski definition) is 2. The lowest BCUT2D eigenvalue weighted by Gasteiger charge is -2.05. The van der Waals surface area contributed by atoms with E-state index in [1.54, 1.807) is 12.1 Å². The topological polar surface area (TPSA) is 55.1 Å². The van der Waals surface area contributed by atoms with E-state index >= 15 is 0 Å². The van der Waals surface area contributed by atoms with E-state index in [-0.39, 0.29) is 5.91 Å². The van der Waals surface area contributed by atoms with Crippen LogP contribution in [0, 0.1) is 0 Å². The lowest BCUT2D eigenvalue weighted by molar-refractivity contribution is 0.0955. The van der Waals surface area contributed by atoms with Crippen molar-refractivity contribution in [2.24, 2.45) is 5.73 Å². The zero-order chi connectivity index (χ0) is 10.6. The molecule has 76 valence electrons. The molecule has 1 rings (SSSR count). The maximum absolute atomic E-state index is 11.4. The summed E-state index contributed by atoms with van der Waals surface area (Å²) in [4.78, 5) is 11.4. The largest absolute Gasteiger partial charge is 0.351 e. The molecule has 5 heteroatoms. The molecule has 0 saturated carbocycles. The van der Waals surface area contributed by atoms with Crippen molar-refractivity contribution in [2.45, 2.75) is 0 Å². The van der Waals surface area contributed by atoms with E-state index in [9.17, 15) is 4.79 Å². The van der Waals surface area contributed by atoms with Crippen molar-refractivity contribution >= 4 is 29.1 Å². The number of benzene rings is 1. The number of carbonyl (C=O) groups is 1. The minimum absolute atomic E-state index is 0.239. The van der Waals surface area contributed by atoms with Gasteiger partial charge in [0.2, 0.25) is 0 Å². The lowest BCUT2D eigenvalue weighted by Crippen LogP contribution is -2.29. The van der Waals surface area contributed by atoms with Crippen molar-refractivity contribution in [3.8, 4) is 0 Å². The second-order valence-corrected chi connectivity index (χ2v) is 3.51. The summed E-state index contributed by atoms with van der Waals surface area (Å²) in [5, 5.41) is 3.46. The zero-order valence-electron chi connectivity index (χ0n) is 7.39. The monoisotopic (exact) mass is 232 g/mol. The number of nitrogens with two attached hydrogens (primary N) is 1. The summed E-state index contributed by atoms with van der Waals surface area (Å²) in [5.74, 6) is -0.239. The van der Waals surface area contributed by atoms with Gasteiger partial charge in [0.25, 0.3) is 5.91 Å². The molecule has 3 nitrogen and oxygen atoms in total. The summed E-state index contributed by atoms with van der Waals surface area (Å²) in [6, 6.07) is 4.72. The molecule has 0 radical (unpaired) electrons. The minimum atomic E-state index is -0.239. The van der Waals surface area contributed by atoms with Gasteiger partial charge in [-0.1, -0.05) is 23.2 Å². The minimum Gasteiger partial charge on any atom is -0.351 e. The third-order valence-electron chi connectivity index (χ3n) is 1.61. The Kier molecular flexibility index (Phi) is 4.20. The fourth-order valence-electron chi connectivity index (χ4n) is 0.955. The number of hydrogen-bond donors (Lipinski definition) is 2. The lowest BCUT2D eigenvalue weighted by atomic mass is 10.2. The van der Waals surface area contributed by atoms with E-state index in [4.69, 9.17) is 28.9 Å². The van der Waals surface area contributed by atoms with E-state index < -0.39 is 0 Å². The molecule has 0 saturated heterocycles. The maximum Gasteiger partial charge on any atom is 0.252 e. The molecule has 0 spiro atoms. The van der Waals surface area contributed by atoms with E-state index in [0.29, 0.717) is 28.7 Å².